The third kappa shape index (κ3) is 1.96. The second-order valence-electron chi connectivity index (χ2n) is 4.99. The molecule has 2 N–H and O–H groups in total. The third-order valence-corrected chi connectivity index (χ3v) is 3.48. The Labute approximate surface area is 112 Å². The van der Waals surface area contributed by atoms with Crippen molar-refractivity contribution in [3.63, 3.8) is 0 Å². The number of para-hydroxylation sites is 1. The quantitative estimate of drug-likeness (QED) is 0.753. The summed E-state index contributed by atoms with van der Waals surface area (Å²) in [5, 5.41) is 1.09. The Morgan fingerprint density at radius 2 is 1.84 bits per heavy atom. The van der Waals surface area contributed by atoms with Crippen LogP contribution in [0.25, 0.3) is 11.0 Å². The van der Waals surface area contributed by atoms with Crippen molar-refractivity contribution < 1.29 is 8.83 Å². The van der Waals surface area contributed by atoms with Crippen molar-refractivity contribution in [3.05, 3.63) is 58.7 Å². The van der Waals surface area contributed by atoms with Gasteiger partial charge in [0.25, 0.3) is 0 Å². The minimum atomic E-state index is -0.288. The Balaban J connectivity index is 2.09. The fourth-order valence-corrected chi connectivity index (χ4v) is 2.49. The predicted octanol–water partition coefficient (Wildman–Crippen LogP) is 4.00. The zero-order chi connectivity index (χ0) is 13.6. The minimum absolute atomic E-state index is 0.288. The van der Waals surface area contributed by atoms with Gasteiger partial charge in [-0.25, -0.2) is 0 Å². The molecule has 0 spiro atoms. The van der Waals surface area contributed by atoms with Gasteiger partial charge >= 0.3 is 0 Å². The van der Waals surface area contributed by atoms with Crippen molar-refractivity contribution in [1.29, 1.82) is 0 Å². The van der Waals surface area contributed by atoms with Gasteiger partial charge in [0.05, 0.1) is 6.04 Å². The molecule has 0 bridgehead atoms. The number of aryl methyl sites for hydroxylation is 3. The Bertz CT molecular complexity index is 736. The molecule has 0 amide bonds. The number of benzene rings is 1. The molecule has 98 valence electrons. The first kappa shape index (κ1) is 12.1. The second-order valence-corrected chi connectivity index (χ2v) is 4.99. The molecule has 0 saturated carbocycles. The Morgan fingerprint density at radius 1 is 1.05 bits per heavy atom. The second kappa shape index (κ2) is 4.28. The molecule has 0 aliphatic heterocycles. The molecule has 0 radical (unpaired) electrons. The third-order valence-electron chi connectivity index (χ3n) is 3.48. The number of furan rings is 2. The van der Waals surface area contributed by atoms with E-state index in [0.29, 0.717) is 0 Å². The van der Waals surface area contributed by atoms with Gasteiger partial charge < -0.3 is 14.6 Å². The molecule has 19 heavy (non-hydrogen) atoms. The van der Waals surface area contributed by atoms with Crippen LogP contribution in [0.5, 0.6) is 0 Å². The zero-order valence-corrected chi connectivity index (χ0v) is 11.4. The number of hydrogen-bond acceptors (Lipinski definition) is 3. The molecule has 1 aromatic carbocycles. The molecule has 3 rings (SSSR count). The summed E-state index contributed by atoms with van der Waals surface area (Å²) in [5.41, 5.74) is 9.30. The lowest BCUT2D eigenvalue weighted by Crippen LogP contribution is -2.10. The van der Waals surface area contributed by atoms with E-state index in [2.05, 4.69) is 0 Å². The summed E-state index contributed by atoms with van der Waals surface area (Å²) in [6.45, 7) is 5.89. The first-order chi connectivity index (χ1) is 9.06. The Kier molecular flexibility index (Phi) is 2.72. The molecular formula is C16H17NO2. The molecule has 1 unspecified atom stereocenters. The van der Waals surface area contributed by atoms with Gasteiger partial charge in [0.1, 0.15) is 22.9 Å². The first-order valence-corrected chi connectivity index (χ1v) is 6.38. The maximum Gasteiger partial charge on any atom is 0.137 e. The van der Waals surface area contributed by atoms with Gasteiger partial charge in [-0.05, 0) is 38.5 Å². The highest BCUT2D eigenvalue weighted by Gasteiger charge is 2.19. The molecule has 0 aliphatic rings. The Hall–Kier alpha value is -2.00. The largest absolute Gasteiger partial charge is 0.466 e. The van der Waals surface area contributed by atoms with E-state index in [1.54, 1.807) is 0 Å². The highest BCUT2D eigenvalue weighted by Crippen LogP contribution is 2.30. The van der Waals surface area contributed by atoms with Gasteiger partial charge in [-0.1, -0.05) is 18.2 Å². The van der Waals surface area contributed by atoms with Gasteiger partial charge in [0, 0.05) is 10.9 Å². The van der Waals surface area contributed by atoms with E-state index >= 15 is 0 Å². The Morgan fingerprint density at radius 3 is 2.47 bits per heavy atom. The van der Waals surface area contributed by atoms with Crippen LogP contribution in [0.15, 0.2) is 39.2 Å². The van der Waals surface area contributed by atoms with Crippen LogP contribution in [0.3, 0.4) is 0 Å². The van der Waals surface area contributed by atoms with E-state index < -0.39 is 0 Å². The molecule has 0 saturated heterocycles. The lowest BCUT2D eigenvalue weighted by molar-refractivity contribution is 0.489. The van der Waals surface area contributed by atoms with E-state index in [1.165, 1.54) is 0 Å². The fraction of sp³-hybridized carbons (Fsp3) is 0.250. The number of hydrogen-bond donors (Lipinski definition) is 1. The summed E-state index contributed by atoms with van der Waals surface area (Å²) < 4.78 is 11.4. The van der Waals surface area contributed by atoms with E-state index in [9.17, 15) is 0 Å². The monoisotopic (exact) mass is 255 g/mol. The maximum atomic E-state index is 6.29. The van der Waals surface area contributed by atoms with Crippen molar-refractivity contribution in [2.24, 2.45) is 5.73 Å². The SMILES string of the molecule is Cc1cc(C(N)c2cc3cccc(C)c3o2)c(C)o1. The normalized spacial score (nSPS) is 13.1. The first-order valence-electron chi connectivity index (χ1n) is 6.38. The van der Waals surface area contributed by atoms with Crippen LogP contribution < -0.4 is 5.73 Å². The molecule has 0 aliphatic carbocycles. The van der Waals surface area contributed by atoms with E-state index in [-0.39, 0.29) is 6.04 Å². The summed E-state index contributed by atoms with van der Waals surface area (Å²) in [6, 6.07) is 9.79. The topological polar surface area (TPSA) is 52.3 Å². The summed E-state index contributed by atoms with van der Waals surface area (Å²) in [6.07, 6.45) is 0. The van der Waals surface area contributed by atoms with Crippen LogP contribution in [0.2, 0.25) is 0 Å². The lowest BCUT2D eigenvalue weighted by Gasteiger charge is -2.06. The zero-order valence-electron chi connectivity index (χ0n) is 11.4. The molecular weight excluding hydrogens is 238 g/mol. The minimum Gasteiger partial charge on any atom is -0.466 e. The fourth-order valence-electron chi connectivity index (χ4n) is 2.49. The average molecular weight is 255 g/mol. The molecule has 2 aromatic heterocycles. The van der Waals surface area contributed by atoms with E-state index in [4.69, 9.17) is 14.6 Å². The standard InChI is InChI=1S/C16H17NO2/c1-9-5-4-6-12-8-14(19-16(9)12)15(17)13-7-10(2)18-11(13)3/h4-8,15H,17H2,1-3H3. The van der Waals surface area contributed by atoms with E-state index in [1.807, 2.05) is 51.1 Å². The van der Waals surface area contributed by atoms with Crippen molar-refractivity contribution in [2.45, 2.75) is 26.8 Å². The highest BCUT2D eigenvalue weighted by atomic mass is 16.3. The maximum absolute atomic E-state index is 6.29. The summed E-state index contributed by atoms with van der Waals surface area (Å²) in [4.78, 5) is 0. The van der Waals surface area contributed by atoms with Crippen molar-refractivity contribution in [3.8, 4) is 0 Å². The van der Waals surface area contributed by atoms with Gasteiger partial charge in [-0.3, -0.25) is 0 Å². The van der Waals surface area contributed by atoms with Crippen LogP contribution in [0.1, 0.15) is 34.4 Å². The average Bonchev–Trinajstić information content (AvgIpc) is 2.93. The smallest absolute Gasteiger partial charge is 0.137 e. The molecule has 0 fully saturated rings. The van der Waals surface area contributed by atoms with Gasteiger partial charge in [0.2, 0.25) is 0 Å². The van der Waals surface area contributed by atoms with Crippen LogP contribution in [-0.2, 0) is 0 Å². The van der Waals surface area contributed by atoms with Crippen LogP contribution >= 0.6 is 0 Å². The molecule has 3 heteroatoms. The number of fused-ring (bicyclic) bond motifs is 1. The number of nitrogens with two attached hydrogens (primary N) is 1. The summed E-state index contributed by atoms with van der Waals surface area (Å²) in [5.74, 6) is 2.49. The highest BCUT2D eigenvalue weighted by molar-refractivity contribution is 5.81. The van der Waals surface area contributed by atoms with E-state index in [0.717, 1.165) is 39.4 Å². The molecule has 3 nitrogen and oxygen atoms in total. The van der Waals surface area contributed by atoms with Gasteiger partial charge in [0.15, 0.2) is 0 Å². The lowest BCUT2D eigenvalue weighted by atomic mass is 10.1. The molecule has 1 atom stereocenters. The molecule has 3 aromatic rings. The predicted molar refractivity (Wildman–Crippen MR) is 75.2 cm³/mol. The van der Waals surface area contributed by atoms with Crippen molar-refractivity contribution >= 4 is 11.0 Å². The summed E-state index contributed by atoms with van der Waals surface area (Å²) >= 11 is 0. The van der Waals surface area contributed by atoms with Crippen molar-refractivity contribution in [2.75, 3.05) is 0 Å². The van der Waals surface area contributed by atoms with Crippen LogP contribution in [0.4, 0.5) is 0 Å². The summed E-state index contributed by atoms with van der Waals surface area (Å²) in [7, 11) is 0. The van der Waals surface area contributed by atoms with Crippen LogP contribution in [0, 0.1) is 20.8 Å². The van der Waals surface area contributed by atoms with Crippen LogP contribution in [-0.4, -0.2) is 0 Å². The number of rotatable bonds is 2. The molecule has 2 heterocycles. The van der Waals surface area contributed by atoms with Gasteiger partial charge in [-0.2, -0.15) is 0 Å². The van der Waals surface area contributed by atoms with Gasteiger partial charge in [-0.15, -0.1) is 0 Å². The van der Waals surface area contributed by atoms with Crippen molar-refractivity contribution in [1.82, 2.24) is 0 Å².